The van der Waals surface area contributed by atoms with Crippen molar-refractivity contribution in [1.82, 2.24) is 4.72 Å². The molecule has 29 heavy (non-hydrogen) atoms. The Kier molecular flexibility index (Phi) is 7.16. The number of rotatable bonds is 8. The Hall–Kier alpha value is -2.71. The number of anilines is 1. The van der Waals surface area contributed by atoms with E-state index in [0.29, 0.717) is 5.69 Å². The monoisotopic (exact) mass is 417 g/mol. The smallest absolute Gasteiger partial charge is 0.240 e. The number of sulfonamides is 1. The zero-order valence-electron chi connectivity index (χ0n) is 16.9. The van der Waals surface area contributed by atoms with Gasteiger partial charge in [-0.15, -0.1) is 0 Å². The largest absolute Gasteiger partial charge is 0.369 e. The summed E-state index contributed by atoms with van der Waals surface area (Å²) < 4.78 is 27.2. The predicted octanol–water partition coefficient (Wildman–Crippen LogP) is 2.32. The van der Waals surface area contributed by atoms with Crippen molar-refractivity contribution in [2.45, 2.75) is 43.9 Å². The lowest BCUT2D eigenvalue weighted by Crippen LogP contribution is -2.28. The number of nitrogens with one attached hydrogen (secondary N) is 2. The van der Waals surface area contributed by atoms with Gasteiger partial charge >= 0.3 is 0 Å². The van der Waals surface area contributed by atoms with E-state index in [1.165, 1.54) is 0 Å². The Labute approximate surface area is 171 Å². The zero-order chi connectivity index (χ0) is 21.7. The first-order chi connectivity index (χ1) is 13.5. The molecule has 0 aliphatic rings. The maximum Gasteiger partial charge on any atom is 0.240 e. The zero-order valence-corrected chi connectivity index (χ0v) is 17.7. The van der Waals surface area contributed by atoms with Gasteiger partial charge in [0.1, 0.15) is 0 Å². The van der Waals surface area contributed by atoms with Gasteiger partial charge in [0.25, 0.3) is 0 Å². The molecular weight excluding hydrogens is 390 g/mol. The van der Waals surface area contributed by atoms with E-state index in [-0.39, 0.29) is 35.6 Å². The topological polar surface area (TPSA) is 118 Å². The van der Waals surface area contributed by atoms with Crippen LogP contribution in [-0.2, 0) is 31.4 Å². The van der Waals surface area contributed by atoms with Gasteiger partial charge in [0.05, 0.1) is 11.3 Å². The minimum Gasteiger partial charge on any atom is -0.369 e. The summed E-state index contributed by atoms with van der Waals surface area (Å²) in [6, 6.07) is 13.4. The van der Waals surface area contributed by atoms with Gasteiger partial charge in [0.2, 0.25) is 21.8 Å². The molecule has 0 saturated carbocycles. The van der Waals surface area contributed by atoms with Crippen LogP contribution in [0.25, 0.3) is 0 Å². The van der Waals surface area contributed by atoms with E-state index in [2.05, 4.69) is 30.8 Å². The molecule has 8 heteroatoms. The average molecular weight is 418 g/mol. The van der Waals surface area contributed by atoms with Crippen LogP contribution in [0.15, 0.2) is 53.4 Å². The molecule has 2 aromatic carbocycles. The van der Waals surface area contributed by atoms with E-state index in [4.69, 9.17) is 5.73 Å². The molecule has 0 unspecified atom stereocenters. The highest BCUT2D eigenvalue weighted by atomic mass is 32.2. The second kappa shape index (κ2) is 9.19. The number of hydrogen-bond acceptors (Lipinski definition) is 4. The van der Waals surface area contributed by atoms with Crippen LogP contribution < -0.4 is 15.8 Å². The normalized spacial score (nSPS) is 11.8. The molecule has 0 heterocycles. The fourth-order valence-electron chi connectivity index (χ4n) is 2.65. The molecule has 0 radical (unpaired) electrons. The molecule has 7 nitrogen and oxygen atoms in total. The van der Waals surface area contributed by atoms with E-state index >= 15 is 0 Å². The summed E-state index contributed by atoms with van der Waals surface area (Å²) in [5.74, 6) is -0.749. The fraction of sp³-hybridized carbons (Fsp3) is 0.333. The quantitative estimate of drug-likeness (QED) is 0.611. The molecular formula is C21H27N3O4S. The summed E-state index contributed by atoms with van der Waals surface area (Å²) in [5.41, 5.74) is 7.42. The Morgan fingerprint density at radius 1 is 0.966 bits per heavy atom. The number of amides is 2. The first-order valence-electron chi connectivity index (χ1n) is 9.25. The average Bonchev–Trinajstić information content (AvgIpc) is 2.62. The van der Waals surface area contributed by atoms with Crippen LogP contribution in [-0.4, -0.2) is 26.8 Å². The Morgan fingerprint density at radius 3 is 2.07 bits per heavy atom. The molecule has 2 rings (SSSR count). The maximum atomic E-state index is 12.4. The number of hydrogen-bond donors (Lipinski definition) is 3. The second-order valence-electron chi connectivity index (χ2n) is 7.81. The van der Waals surface area contributed by atoms with Gasteiger partial charge in [-0.1, -0.05) is 45.0 Å². The molecule has 156 valence electrons. The van der Waals surface area contributed by atoms with Crippen LogP contribution in [0.1, 0.15) is 38.3 Å². The van der Waals surface area contributed by atoms with Crippen LogP contribution in [0.2, 0.25) is 0 Å². The van der Waals surface area contributed by atoms with Gasteiger partial charge in [-0.2, -0.15) is 0 Å². The third-order valence-electron chi connectivity index (χ3n) is 4.29. The molecule has 0 atom stereocenters. The van der Waals surface area contributed by atoms with Crippen molar-refractivity contribution in [3.05, 3.63) is 59.7 Å². The van der Waals surface area contributed by atoms with Crippen LogP contribution in [0.4, 0.5) is 5.69 Å². The molecule has 0 fully saturated rings. The lowest BCUT2D eigenvalue weighted by molar-refractivity contribution is -0.117. The number of nitrogens with two attached hydrogens (primary N) is 1. The van der Waals surface area contributed by atoms with Crippen LogP contribution in [0, 0.1) is 0 Å². The third-order valence-corrected chi connectivity index (χ3v) is 5.77. The molecule has 0 aliphatic carbocycles. The summed E-state index contributed by atoms with van der Waals surface area (Å²) in [7, 11) is -3.68. The summed E-state index contributed by atoms with van der Waals surface area (Å²) in [6.07, 6.45) is 0.120. The number of carbonyl (C=O) groups excluding carboxylic acids is 2. The predicted molar refractivity (Wildman–Crippen MR) is 113 cm³/mol. The molecule has 2 amide bonds. The summed E-state index contributed by atoms with van der Waals surface area (Å²) in [4.78, 5) is 23.1. The van der Waals surface area contributed by atoms with E-state index in [1.807, 2.05) is 0 Å². The lowest BCUT2D eigenvalue weighted by Gasteiger charge is -2.19. The van der Waals surface area contributed by atoms with E-state index in [1.54, 1.807) is 48.5 Å². The van der Waals surface area contributed by atoms with E-state index in [9.17, 15) is 18.0 Å². The van der Waals surface area contributed by atoms with Crippen molar-refractivity contribution in [2.24, 2.45) is 5.73 Å². The van der Waals surface area contributed by atoms with Crippen molar-refractivity contribution < 1.29 is 18.0 Å². The van der Waals surface area contributed by atoms with Crippen molar-refractivity contribution in [1.29, 1.82) is 0 Å². The molecule has 0 spiro atoms. The third kappa shape index (κ3) is 6.99. The summed E-state index contributed by atoms with van der Waals surface area (Å²) in [5, 5.41) is 2.68. The maximum absolute atomic E-state index is 12.4. The van der Waals surface area contributed by atoms with Gasteiger partial charge in [-0.25, -0.2) is 13.1 Å². The number of benzene rings is 2. The SMILES string of the molecule is CC(C)(C)c1ccc(S(=O)(=O)NCCC(=O)Nc2ccc(CC(N)=O)cc2)cc1. The Bertz CT molecular complexity index is 960. The van der Waals surface area contributed by atoms with Crippen molar-refractivity contribution >= 4 is 27.5 Å². The lowest BCUT2D eigenvalue weighted by atomic mass is 9.87. The molecule has 0 bridgehead atoms. The number of carbonyl (C=O) groups is 2. The van der Waals surface area contributed by atoms with Crippen LogP contribution in [0.5, 0.6) is 0 Å². The first-order valence-corrected chi connectivity index (χ1v) is 10.7. The van der Waals surface area contributed by atoms with E-state index in [0.717, 1.165) is 11.1 Å². The second-order valence-corrected chi connectivity index (χ2v) is 9.58. The molecule has 4 N–H and O–H groups in total. The molecule has 2 aromatic rings. The van der Waals surface area contributed by atoms with Crippen LogP contribution >= 0.6 is 0 Å². The van der Waals surface area contributed by atoms with Gasteiger partial charge < -0.3 is 11.1 Å². The Morgan fingerprint density at radius 2 is 1.55 bits per heavy atom. The van der Waals surface area contributed by atoms with Gasteiger partial charge in [0, 0.05) is 18.7 Å². The first kappa shape index (κ1) is 22.6. The highest BCUT2D eigenvalue weighted by molar-refractivity contribution is 7.89. The summed E-state index contributed by atoms with van der Waals surface area (Å²) >= 11 is 0. The number of primary amides is 1. The molecule has 0 aromatic heterocycles. The minimum absolute atomic E-state index is 0.0116. The Balaban J connectivity index is 1.86. The van der Waals surface area contributed by atoms with Gasteiger partial charge in [0.15, 0.2) is 0 Å². The van der Waals surface area contributed by atoms with Crippen molar-refractivity contribution in [2.75, 3.05) is 11.9 Å². The fourth-order valence-corrected chi connectivity index (χ4v) is 3.68. The minimum atomic E-state index is -3.68. The van der Waals surface area contributed by atoms with Crippen LogP contribution in [0.3, 0.4) is 0 Å². The standard InChI is InChI=1S/C21H27N3O4S/c1-21(2,3)16-6-10-18(11-7-16)29(27,28)23-13-12-20(26)24-17-8-4-15(5-9-17)14-19(22)25/h4-11,23H,12-14H2,1-3H3,(H2,22,25)(H,24,26). The van der Waals surface area contributed by atoms with E-state index < -0.39 is 15.9 Å². The molecule has 0 aliphatic heterocycles. The van der Waals surface area contributed by atoms with Gasteiger partial charge in [-0.3, -0.25) is 9.59 Å². The highest BCUT2D eigenvalue weighted by Gasteiger charge is 2.17. The highest BCUT2D eigenvalue weighted by Crippen LogP contribution is 2.23. The van der Waals surface area contributed by atoms with Crippen molar-refractivity contribution in [3.63, 3.8) is 0 Å². The van der Waals surface area contributed by atoms with Gasteiger partial charge in [-0.05, 0) is 40.8 Å². The summed E-state index contributed by atoms with van der Waals surface area (Å²) in [6.45, 7) is 6.14. The van der Waals surface area contributed by atoms with Crippen molar-refractivity contribution in [3.8, 4) is 0 Å². The molecule has 0 saturated heterocycles.